The summed E-state index contributed by atoms with van der Waals surface area (Å²) in [5.74, 6) is -2.44. The summed E-state index contributed by atoms with van der Waals surface area (Å²) < 4.78 is 17.5. The monoisotopic (exact) mass is 511 g/mol. The molecule has 204 valence electrons. The molecule has 1 unspecified atom stereocenters. The summed E-state index contributed by atoms with van der Waals surface area (Å²) >= 11 is 0. The molecule has 6 atom stereocenters. The first-order valence-electron chi connectivity index (χ1n) is 12.2. The van der Waals surface area contributed by atoms with Crippen LogP contribution in [-0.2, 0) is 25.4 Å². The lowest BCUT2D eigenvalue weighted by molar-refractivity contribution is -0.220. The molecule has 1 amide bonds. The van der Waals surface area contributed by atoms with Gasteiger partial charge in [-0.25, -0.2) is 4.79 Å². The van der Waals surface area contributed by atoms with E-state index in [0.29, 0.717) is 24.0 Å². The number of carboxylic acid groups (broad SMARTS) is 1. The first-order valence-corrected chi connectivity index (χ1v) is 12.2. The fourth-order valence-corrected chi connectivity index (χ4v) is 5.00. The molecule has 2 rings (SSSR count). The number of hydrogen-bond donors (Lipinski definition) is 5. The molecule has 1 saturated heterocycles. The molecule has 1 aliphatic heterocycles. The van der Waals surface area contributed by atoms with Gasteiger partial charge >= 0.3 is 5.97 Å². The van der Waals surface area contributed by atoms with Crippen LogP contribution in [0.4, 0.5) is 0 Å². The summed E-state index contributed by atoms with van der Waals surface area (Å²) in [7, 11) is 3.11. The average Bonchev–Trinajstić information content (AvgIpc) is 2.79. The Hall–Kier alpha value is -2.40. The van der Waals surface area contributed by atoms with E-state index < -0.39 is 41.7 Å². The van der Waals surface area contributed by atoms with Gasteiger partial charge in [0.15, 0.2) is 6.23 Å². The van der Waals surface area contributed by atoms with Gasteiger partial charge in [0.1, 0.15) is 23.2 Å². The molecular weight excluding hydrogens is 470 g/mol. The zero-order chi connectivity index (χ0) is 27.4. The lowest BCUT2D eigenvalue weighted by Gasteiger charge is -2.49. The van der Waals surface area contributed by atoms with Crippen LogP contribution in [0.5, 0.6) is 11.5 Å². The van der Waals surface area contributed by atoms with E-state index in [1.54, 1.807) is 14.0 Å². The highest BCUT2D eigenvalue weighted by atomic mass is 16.6. The number of aromatic hydroxyl groups is 2. The molecular formula is C26H41NO9. The number of rotatable bonds is 11. The van der Waals surface area contributed by atoms with E-state index in [2.05, 4.69) is 5.32 Å². The Balaban J connectivity index is 2.17. The molecule has 1 fully saturated rings. The van der Waals surface area contributed by atoms with Gasteiger partial charge in [0.25, 0.3) is 0 Å². The summed E-state index contributed by atoms with van der Waals surface area (Å²) in [6.07, 6.45) is -1.07. The standard InChI is InChI=1S/C26H41NO9/c1-13(8-9-16-14(2)18(30)10-19(31)23(16)25(32)33)17(29)11-22-26(4,5)21(34-6)12-20(36-22)24(35-7)27-15(3)28/h10,13,17,20-22,24,29-31H,8-9,11-12H2,1-7H3,(H,27,28)(H,32,33)/t13?,17-,20-,21+,22+,24-/m0/s1. The molecule has 1 heterocycles. The quantitative estimate of drug-likeness (QED) is 0.282. The predicted octanol–water partition coefficient (Wildman–Crippen LogP) is 2.73. The number of aliphatic hydroxyl groups is 1. The lowest BCUT2D eigenvalue weighted by atomic mass is 9.73. The SMILES string of the molecule is CO[C@H](NC(C)=O)[C@@H]1C[C@@H](OC)C(C)(C)[C@@H](C[C@H](O)C(C)CCc2c(C)c(O)cc(O)c2C(=O)O)O1. The number of aromatic carboxylic acids is 1. The molecule has 1 aromatic rings. The molecule has 0 radical (unpaired) electrons. The van der Waals surface area contributed by atoms with Gasteiger partial charge in [0, 0.05) is 45.5 Å². The normalized spacial score (nSPS) is 24.1. The second-order valence-electron chi connectivity index (χ2n) is 10.3. The van der Waals surface area contributed by atoms with Crippen molar-refractivity contribution in [3.63, 3.8) is 0 Å². The Labute approximate surface area is 212 Å². The molecule has 1 aromatic carbocycles. The maximum atomic E-state index is 11.7. The minimum Gasteiger partial charge on any atom is -0.508 e. The molecule has 5 N–H and O–H groups in total. The highest BCUT2D eigenvalue weighted by Gasteiger charge is 2.48. The van der Waals surface area contributed by atoms with Gasteiger partial charge in [-0.1, -0.05) is 20.8 Å². The number of carbonyl (C=O) groups excluding carboxylic acids is 1. The Kier molecular flexibility index (Phi) is 10.1. The van der Waals surface area contributed by atoms with Crippen LogP contribution in [0.3, 0.4) is 0 Å². The third-order valence-corrected chi connectivity index (χ3v) is 7.51. The van der Waals surface area contributed by atoms with E-state index in [1.807, 2.05) is 20.8 Å². The van der Waals surface area contributed by atoms with Gasteiger partial charge in [-0.05, 0) is 36.8 Å². The summed E-state index contributed by atoms with van der Waals surface area (Å²) in [4.78, 5) is 23.3. The van der Waals surface area contributed by atoms with E-state index in [9.17, 15) is 30.0 Å². The Bertz CT molecular complexity index is 932. The Morgan fingerprint density at radius 3 is 2.42 bits per heavy atom. The molecule has 0 bridgehead atoms. The largest absolute Gasteiger partial charge is 0.508 e. The summed E-state index contributed by atoms with van der Waals surface area (Å²) in [6.45, 7) is 8.89. The fraction of sp³-hybridized carbons (Fsp3) is 0.692. The van der Waals surface area contributed by atoms with Gasteiger partial charge in [0.2, 0.25) is 5.91 Å². The second kappa shape index (κ2) is 12.2. The van der Waals surface area contributed by atoms with Crippen LogP contribution < -0.4 is 5.32 Å². The van der Waals surface area contributed by atoms with E-state index in [4.69, 9.17) is 14.2 Å². The summed E-state index contributed by atoms with van der Waals surface area (Å²) in [5, 5.41) is 43.5. The Morgan fingerprint density at radius 2 is 1.89 bits per heavy atom. The van der Waals surface area contributed by atoms with Crippen LogP contribution >= 0.6 is 0 Å². The molecule has 0 saturated carbocycles. The number of phenolic OH excluding ortho intramolecular Hbond substituents is 1. The fourth-order valence-electron chi connectivity index (χ4n) is 5.00. The number of phenols is 2. The maximum absolute atomic E-state index is 11.7. The predicted molar refractivity (Wildman–Crippen MR) is 132 cm³/mol. The van der Waals surface area contributed by atoms with E-state index >= 15 is 0 Å². The minimum atomic E-state index is -1.28. The van der Waals surface area contributed by atoms with Crippen molar-refractivity contribution in [2.45, 2.75) is 90.9 Å². The number of amides is 1. The highest BCUT2D eigenvalue weighted by molar-refractivity contribution is 5.93. The van der Waals surface area contributed by atoms with Gasteiger partial charge < -0.3 is 40.0 Å². The third kappa shape index (κ3) is 6.67. The van der Waals surface area contributed by atoms with Crippen molar-refractivity contribution in [1.29, 1.82) is 0 Å². The molecule has 36 heavy (non-hydrogen) atoms. The van der Waals surface area contributed by atoms with Gasteiger partial charge in [-0.15, -0.1) is 0 Å². The topological polar surface area (TPSA) is 155 Å². The molecule has 10 heteroatoms. The summed E-state index contributed by atoms with van der Waals surface area (Å²) in [6, 6.07) is 1.03. The number of nitrogens with one attached hydrogen (secondary N) is 1. The first kappa shape index (κ1) is 29.8. The van der Waals surface area contributed by atoms with Crippen molar-refractivity contribution >= 4 is 11.9 Å². The smallest absolute Gasteiger partial charge is 0.339 e. The number of methoxy groups -OCH3 is 2. The van der Waals surface area contributed by atoms with Crippen molar-refractivity contribution in [1.82, 2.24) is 5.32 Å². The van der Waals surface area contributed by atoms with E-state index in [1.165, 1.54) is 14.0 Å². The van der Waals surface area contributed by atoms with Gasteiger partial charge in [0.05, 0.1) is 18.3 Å². The van der Waals surface area contributed by atoms with Crippen LogP contribution in [0.1, 0.15) is 68.4 Å². The van der Waals surface area contributed by atoms with Crippen LogP contribution in [0.2, 0.25) is 0 Å². The van der Waals surface area contributed by atoms with Crippen LogP contribution in [-0.4, -0.2) is 77.2 Å². The number of benzene rings is 1. The first-order chi connectivity index (χ1) is 16.7. The second-order valence-corrected chi connectivity index (χ2v) is 10.3. The number of carboxylic acids is 1. The molecule has 0 spiro atoms. The molecule has 0 aromatic heterocycles. The molecule has 1 aliphatic rings. The maximum Gasteiger partial charge on any atom is 0.339 e. The van der Waals surface area contributed by atoms with E-state index in [-0.39, 0.29) is 42.1 Å². The van der Waals surface area contributed by atoms with Crippen molar-refractivity contribution in [2.24, 2.45) is 11.3 Å². The number of aliphatic hydroxyl groups excluding tert-OH is 1. The van der Waals surface area contributed by atoms with Crippen LogP contribution in [0, 0.1) is 18.3 Å². The van der Waals surface area contributed by atoms with Crippen molar-refractivity contribution < 1.29 is 44.2 Å². The highest BCUT2D eigenvalue weighted by Crippen LogP contribution is 2.42. The lowest BCUT2D eigenvalue weighted by Crippen LogP contribution is -2.58. The minimum absolute atomic E-state index is 0.179. The van der Waals surface area contributed by atoms with Crippen molar-refractivity contribution in [2.75, 3.05) is 14.2 Å². The van der Waals surface area contributed by atoms with Gasteiger partial charge in [-0.3, -0.25) is 4.79 Å². The average molecular weight is 512 g/mol. The molecule has 10 nitrogen and oxygen atoms in total. The zero-order valence-electron chi connectivity index (χ0n) is 22.2. The van der Waals surface area contributed by atoms with Crippen LogP contribution in [0.25, 0.3) is 0 Å². The summed E-state index contributed by atoms with van der Waals surface area (Å²) in [5.41, 5.74) is 0.0482. The zero-order valence-corrected chi connectivity index (χ0v) is 22.2. The third-order valence-electron chi connectivity index (χ3n) is 7.51. The van der Waals surface area contributed by atoms with Crippen LogP contribution in [0.15, 0.2) is 6.07 Å². The molecule has 0 aliphatic carbocycles. The van der Waals surface area contributed by atoms with Crippen molar-refractivity contribution in [3.8, 4) is 11.5 Å². The number of ether oxygens (including phenoxy) is 3. The van der Waals surface area contributed by atoms with E-state index in [0.717, 1.165) is 6.07 Å². The van der Waals surface area contributed by atoms with Crippen molar-refractivity contribution in [3.05, 3.63) is 22.8 Å². The number of hydrogen-bond acceptors (Lipinski definition) is 8. The Morgan fingerprint density at radius 1 is 1.25 bits per heavy atom. The number of carbonyl (C=O) groups is 2. The van der Waals surface area contributed by atoms with Gasteiger partial charge in [-0.2, -0.15) is 0 Å².